The summed E-state index contributed by atoms with van der Waals surface area (Å²) in [5.41, 5.74) is 0.474. The molecule has 0 atom stereocenters. The highest BCUT2D eigenvalue weighted by molar-refractivity contribution is 5.86. The van der Waals surface area contributed by atoms with Gasteiger partial charge in [0.15, 0.2) is 0 Å². The number of rotatable bonds is 3. The Balaban J connectivity index is 3.00. The number of ether oxygens (including phenoxy) is 2. The predicted octanol–water partition coefficient (Wildman–Crippen LogP) is 3.58. The van der Waals surface area contributed by atoms with Gasteiger partial charge in [0.25, 0.3) is 0 Å². The van der Waals surface area contributed by atoms with E-state index in [9.17, 15) is 4.79 Å². The van der Waals surface area contributed by atoms with Crippen LogP contribution in [0.25, 0.3) is 0 Å². The van der Waals surface area contributed by atoms with Crippen LogP contribution >= 0.6 is 0 Å². The normalized spacial score (nSPS) is 11.4. The molecule has 0 bridgehead atoms. The van der Waals surface area contributed by atoms with Crippen LogP contribution in [-0.2, 0) is 4.74 Å². The summed E-state index contributed by atoms with van der Waals surface area (Å²) >= 11 is 0. The Morgan fingerprint density at radius 2 is 1.95 bits per heavy atom. The van der Waals surface area contributed by atoms with Crippen LogP contribution in [0, 0.1) is 0 Å². The smallest absolute Gasteiger partial charge is 0.415 e. The molecule has 0 spiro atoms. The zero-order valence-corrected chi connectivity index (χ0v) is 13.4. The monoisotopic (exact) mass is 280 g/mol. The SMILES string of the molecule is COc1cc(N(C)C(=O)OC(C)(C)C)ncc1C(C)C. The molecule has 1 rings (SSSR count). The number of hydrogen-bond acceptors (Lipinski definition) is 4. The number of aromatic nitrogens is 1. The molecule has 0 radical (unpaired) electrons. The van der Waals surface area contributed by atoms with Gasteiger partial charge >= 0.3 is 6.09 Å². The maximum absolute atomic E-state index is 12.0. The van der Waals surface area contributed by atoms with Crippen molar-refractivity contribution in [3.63, 3.8) is 0 Å². The number of nitrogens with zero attached hydrogens (tertiary/aromatic N) is 2. The third-order valence-electron chi connectivity index (χ3n) is 2.73. The van der Waals surface area contributed by atoms with Gasteiger partial charge in [0.05, 0.1) is 7.11 Å². The van der Waals surface area contributed by atoms with Gasteiger partial charge in [-0.05, 0) is 26.7 Å². The zero-order valence-electron chi connectivity index (χ0n) is 13.4. The van der Waals surface area contributed by atoms with Gasteiger partial charge in [-0.3, -0.25) is 4.90 Å². The predicted molar refractivity (Wildman–Crippen MR) is 79.5 cm³/mol. The lowest BCUT2D eigenvalue weighted by Crippen LogP contribution is -2.34. The van der Waals surface area contributed by atoms with Crippen LogP contribution in [0.3, 0.4) is 0 Å². The van der Waals surface area contributed by atoms with Crippen LogP contribution in [0.5, 0.6) is 5.75 Å². The maximum Gasteiger partial charge on any atom is 0.415 e. The Kier molecular flexibility index (Phi) is 4.98. The highest BCUT2D eigenvalue weighted by atomic mass is 16.6. The Labute approximate surface area is 120 Å². The molecule has 0 N–H and O–H groups in total. The molecule has 1 aromatic rings. The van der Waals surface area contributed by atoms with E-state index in [-0.39, 0.29) is 0 Å². The number of pyridine rings is 1. The third kappa shape index (κ3) is 4.11. The molecule has 5 heteroatoms. The third-order valence-corrected chi connectivity index (χ3v) is 2.73. The highest BCUT2D eigenvalue weighted by Gasteiger charge is 2.22. The van der Waals surface area contributed by atoms with Crippen molar-refractivity contribution in [2.75, 3.05) is 19.1 Å². The van der Waals surface area contributed by atoms with Crippen molar-refractivity contribution < 1.29 is 14.3 Å². The average Bonchev–Trinajstić information content (AvgIpc) is 2.34. The quantitative estimate of drug-likeness (QED) is 0.849. The molecule has 1 amide bonds. The van der Waals surface area contributed by atoms with Crippen LogP contribution in [0.1, 0.15) is 46.1 Å². The second kappa shape index (κ2) is 6.11. The van der Waals surface area contributed by atoms with E-state index in [0.717, 1.165) is 11.3 Å². The fourth-order valence-electron chi connectivity index (χ4n) is 1.65. The number of hydrogen-bond donors (Lipinski definition) is 0. The van der Waals surface area contributed by atoms with Crippen molar-refractivity contribution in [2.45, 2.75) is 46.1 Å². The zero-order chi connectivity index (χ0) is 15.5. The first-order valence-electron chi connectivity index (χ1n) is 6.66. The first kappa shape index (κ1) is 16.3. The average molecular weight is 280 g/mol. The molecule has 112 valence electrons. The lowest BCUT2D eigenvalue weighted by Gasteiger charge is -2.24. The number of carbonyl (C=O) groups is 1. The minimum Gasteiger partial charge on any atom is -0.496 e. The molecular weight excluding hydrogens is 256 g/mol. The van der Waals surface area contributed by atoms with Gasteiger partial charge in [-0.15, -0.1) is 0 Å². The number of amides is 1. The molecule has 0 aliphatic carbocycles. The summed E-state index contributed by atoms with van der Waals surface area (Å²) in [4.78, 5) is 17.7. The van der Waals surface area contributed by atoms with Gasteiger partial charge in [-0.1, -0.05) is 13.8 Å². The van der Waals surface area contributed by atoms with Crippen molar-refractivity contribution in [1.29, 1.82) is 0 Å². The molecule has 0 aliphatic heterocycles. The molecule has 0 saturated carbocycles. The van der Waals surface area contributed by atoms with Gasteiger partial charge in [0.1, 0.15) is 17.2 Å². The fraction of sp³-hybridized carbons (Fsp3) is 0.600. The molecule has 1 aromatic heterocycles. The minimum absolute atomic E-state index is 0.304. The van der Waals surface area contributed by atoms with Crippen molar-refractivity contribution >= 4 is 11.9 Å². The highest BCUT2D eigenvalue weighted by Crippen LogP contribution is 2.28. The molecule has 0 unspecified atom stereocenters. The largest absolute Gasteiger partial charge is 0.496 e. The van der Waals surface area contributed by atoms with Gasteiger partial charge in [0.2, 0.25) is 0 Å². The van der Waals surface area contributed by atoms with Crippen LogP contribution in [0.4, 0.5) is 10.6 Å². The second-order valence-corrected chi connectivity index (χ2v) is 5.98. The summed E-state index contributed by atoms with van der Waals surface area (Å²) < 4.78 is 10.7. The minimum atomic E-state index is -0.534. The Bertz CT molecular complexity index is 478. The van der Waals surface area contributed by atoms with Crippen molar-refractivity contribution in [2.24, 2.45) is 0 Å². The summed E-state index contributed by atoms with van der Waals surface area (Å²) in [6, 6.07) is 1.75. The topological polar surface area (TPSA) is 51.7 Å². The van der Waals surface area contributed by atoms with Crippen LogP contribution in [-0.4, -0.2) is 30.8 Å². The van der Waals surface area contributed by atoms with E-state index in [1.54, 1.807) is 26.4 Å². The first-order chi connectivity index (χ1) is 9.15. The summed E-state index contributed by atoms with van der Waals surface area (Å²) in [5, 5.41) is 0. The first-order valence-corrected chi connectivity index (χ1v) is 6.66. The molecule has 0 aromatic carbocycles. The molecule has 0 fully saturated rings. The standard InChI is InChI=1S/C15H24N2O3/c1-10(2)11-9-16-13(8-12(11)19-7)17(6)14(18)20-15(3,4)5/h8-10H,1-7H3. The maximum atomic E-state index is 12.0. The van der Waals surface area contributed by atoms with Crippen molar-refractivity contribution in [1.82, 2.24) is 4.98 Å². The number of anilines is 1. The molecule has 0 aliphatic rings. The van der Waals surface area contributed by atoms with Crippen molar-refractivity contribution in [3.05, 3.63) is 17.8 Å². The van der Waals surface area contributed by atoms with Crippen molar-refractivity contribution in [3.8, 4) is 5.75 Å². The lowest BCUT2D eigenvalue weighted by molar-refractivity contribution is 0.0588. The van der Waals surface area contributed by atoms with E-state index in [0.29, 0.717) is 11.7 Å². The Hall–Kier alpha value is -1.78. The molecule has 1 heterocycles. The fourth-order valence-corrected chi connectivity index (χ4v) is 1.65. The Morgan fingerprint density at radius 1 is 1.35 bits per heavy atom. The Morgan fingerprint density at radius 3 is 2.40 bits per heavy atom. The summed E-state index contributed by atoms with van der Waals surface area (Å²) in [6.07, 6.45) is 1.30. The van der Waals surface area contributed by atoms with Gasteiger partial charge in [-0.25, -0.2) is 9.78 Å². The molecule has 5 nitrogen and oxygen atoms in total. The molecule has 20 heavy (non-hydrogen) atoms. The van der Waals surface area contributed by atoms with Gasteiger partial charge in [-0.2, -0.15) is 0 Å². The van der Waals surface area contributed by atoms with Crippen LogP contribution in [0.2, 0.25) is 0 Å². The number of methoxy groups -OCH3 is 1. The summed E-state index contributed by atoms with van der Waals surface area (Å²) in [6.45, 7) is 9.62. The van der Waals surface area contributed by atoms with E-state index < -0.39 is 11.7 Å². The lowest BCUT2D eigenvalue weighted by atomic mass is 10.0. The summed E-state index contributed by atoms with van der Waals surface area (Å²) in [5.74, 6) is 1.53. The molecule has 0 saturated heterocycles. The van der Waals surface area contributed by atoms with E-state index in [1.807, 2.05) is 20.8 Å². The van der Waals surface area contributed by atoms with E-state index in [1.165, 1.54) is 4.90 Å². The van der Waals surface area contributed by atoms with Crippen LogP contribution in [0.15, 0.2) is 12.3 Å². The van der Waals surface area contributed by atoms with Crippen LogP contribution < -0.4 is 9.64 Å². The van der Waals surface area contributed by atoms with E-state index in [4.69, 9.17) is 9.47 Å². The van der Waals surface area contributed by atoms with Gasteiger partial charge < -0.3 is 9.47 Å². The molecular formula is C15H24N2O3. The number of carbonyl (C=O) groups excluding carboxylic acids is 1. The van der Waals surface area contributed by atoms with E-state index >= 15 is 0 Å². The van der Waals surface area contributed by atoms with Gasteiger partial charge in [0, 0.05) is 24.9 Å². The van der Waals surface area contributed by atoms with E-state index in [2.05, 4.69) is 18.8 Å². The second-order valence-electron chi connectivity index (χ2n) is 5.98. The summed E-state index contributed by atoms with van der Waals surface area (Å²) in [7, 11) is 3.24.